The molecule has 0 aliphatic carbocycles. The average molecular weight is 407 g/mol. The summed E-state index contributed by atoms with van der Waals surface area (Å²) < 4.78 is 4.75. The lowest BCUT2D eigenvalue weighted by molar-refractivity contribution is -0.646. The molecule has 0 aliphatic rings. The predicted molar refractivity (Wildman–Crippen MR) is 130 cm³/mol. The molecule has 0 N–H and O–H groups in total. The maximum absolute atomic E-state index is 4.90. The van der Waals surface area contributed by atoms with Gasteiger partial charge in [-0.2, -0.15) is 0 Å². The second-order valence-corrected chi connectivity index (χ2v) is 9.67. The zero-order valence-corrected chi connectivity index (χ0v) is 19.2. The molecule has 0 unspecified atom stereocenters. The summed E-state index contributed by atoms with van der Waals surface area (Å²) >= 11 is 0. The number of nitrogens with zero attached hydrogens (tertiary/aromatic N) is 3. The number of aromatic nitrogens is 3. The molecule has 31 heavy (non-hydrogen) atoms. The van der Waals surface area contributed by atoms with Crippen LogP contribution in [-0.4, -0.2) is 9.38 Å². The number of hydrogen-bond donors (Lipinski definition) is 0. The smallest absolute Gasteiger partial charge is 0.287 e. The van der Waals surface area contributed by atoms with Gasteiger partial charge in [-0.15, -0.1) is 0 Å². The van der Waals surface area contributed by atoms with Crippen molar-refractivity contribution in [2.75, 3.05) is 0 Å². The molecule has 3 heteroatoms. The van der Waals surface area contributed by atoms with Crippen LogP contribution in [0.2, 0.25) is 0 Å². The highest BCUT2D eigenvalue weighted by Crippen LogP contribution is 2.43. The summed E-state index contributed by atoms with van der Waals surface area (Å²) in [5.74, 6) is 0.587. The highest BCUT2D eigenvalue weighted by Gasteiger charge is 2.27. The largest absolute Gasteiger partial charge is 0.307 e. The normalized spacial score (nSPS) is 12.6. The van der Waals surface area contributed by atoms with Gasteiger partial charge in [0.05, 0.1) is 29.0 Å². The van der Waals surface area contributed by atoms with Gasteiger partial charge in [0.1, 0.15) is 5.52 Å². The molecule has 3 heterocycles. The number of para-hydroxylation sites is 1. The van der Waals surface area contributed by atoms with Crippen LogP contribution in [-0.2, 0) is 13.5 Å². The number of rotatable bonds is 2. The first-order chi connectivity index (χ1) is 14.9. The molecular weight excluding hydrogens is 378 g/mol. The van der Waals surface area contributed by atoms with Crippen molar-refractivity contribution < 1.29 is 4.57 Å². The molecule has 6 aromatic rings. The Labute approximate surface area is 182 Å². The van der Waals surface area contributed by atoms with Gasteiger partial charge < -0.3 is 4.40 Å². The van der Waals surface area contributed by atoms with E-state index in [9.17, 15) is 0 Å². The molecule has 0 amide bonds. The summed E-state index contributed by atoms with van der Waals surface area (Å²) in [6, 6.07) is 13.6. The van der Waals surface area contributed by atoms with E-state index in [1.54, 1.807) is 0 Å². The van der Waals surface area contributed by atoms with Crippen LogP contribution in [0.25, 0.3) is 49.1 Å². The minimum Gasteiger partial charge on any atom is -0.307 e. The van der Waals surface area contributed by atoms with E-state index in [-0.39, 0.29) is 0 Å². The summed E-state index contributed by atoms with van der Waals surface area (Å²) in [5.41, 5.74) is 11.8. The van der Waals surface area contributed by atoms with Crippen LogP contribution in [0.3, 0.4) is 0 Å². The van der Waals surface area contributed by atoms with E-state index < -0.39 is 0 Å². The number of aryl methyl sites for hydroxylation is 4. The number of fused-ring (bicyclic) bond motifs is 6. The number of hydrogen-bond acceptors (Lipinski definition) is 1. The van der Waals surface area contributed by atoms with Gasteiger partial charge >= 0.3 is 0 Å². The maximum atomic E-state index is 4.90. The van der Waals surface area contributed by atoms with Gasteiger partial charge in [0, 0.05) is 16.2 Å². The molecule has 0 bridgehead atoms. The predicted octanol–water partition coefficient (Wildman–Crippen LogP) is 6.33. The van der Waals surface area contributed by atoms with E-state index in [1.807, 2.05) is 6.33 Å². The summed E-state index contributed by atoms with van der Waals surface area (Å²) in [5, 5.41) is 5.37. The first-order valence-electron chi connectivity index (χ1n) is 11.2. The Hall–Kier alpha value is -3.20. The molecular formula is C28H28N3+. The van der Waals surface area contributed by atoms with Gasteiger partial charge in [0.25, 0.3) is 6.33 Å². The van der Waals surface area contributed by atoms with Crippen molar-refractivity contribution in [2.45, 2.75) is 41.0 Å². The lowest BCUT2D eigenvalue weighted by Gasteiger charge is -2.17. The summed E-state index contributed by atoms with van der Waals surface area (Å²) in [6.45, 7) is 11.4. The molecule has 0 fully saturated rings. The number of pyridine rings is 1. The second kappa shape index (κ2) is 6.16. The van der Waals surface area contributed by atoms with Gasteiger partial charge in [-0.25, -0.2) is 4.57 Å². The zero-order valence-electron chi connectivity index (χ0n) is 19.2. The quantitative estimate of drug-likeness (QED) is 0.187. The van der Waals surface area contributed by atoms with Crippen LogP contribution in [0.5, 0.6) is 0 Å². The molecule has 154 valence electrons. The van der Waals surface area contributed by atoms with Crippen LogP contribution in [0.4, 0.5) is 0 Å². The van der Waals surface area contributed by atoms with E-state index in [2.05, 4.69) is 87.0 Å². The minimum absolute atomic E-state index is 0.587. The van der Waals surface area contributed by atoms with E-state index in [0.717, 1.165) is 11.9 Å². The van der Waals surface area contributed by atoms with Crippen LogP contribution in [0.1, 0.15) is 36.1 Å². The van der Waals surface area contributed by atoms with Gasteiger partial charge in [-0.3, -0.25) is 0 Å². The van der Waals surface area contributed by atoms with E-state index in [1.165, 1.54) is 65.9 Å². The first-order valence-corrected chi connectivity index (χ1v) is 11.2. The molecule has 6 rings (SSSR count). The van der Waals surface area contributed by atoms with E-state index in [0.29, 0.717) is 5.92 Å². The fourth-order valence-corrected chi connectivity index (χ4v) is 5.74. The van der Waals surface area contributed by atoms with Crippen molar-refractivity contribution >= 4 is 49.1 Å². The average Bonchev–Trinajstić information content (AvgIpc) is 3.08. The Kier molecular flexibility index (Phi) is 3.69. The zero-order chi connectivity index (χ0) is 21.6. The van der Waals surface area contributed by atoms with Crippen molar-refractivity contribution in [1.82, 2.24) is 9.38 Å². The van der Waals surface area contributed by atoms with Gasteiger partial charge in [0.2, 0.25) is 0 Å². The Morgan fingerprint density at radius 1 is 0.935 bits per heavy atom. The lowest BCUT2D eigenvalue weighted by atomic mass is 9.93. The summed E-state index contributed by atoms with van der Waals surface area (Å²) in [6.07, 6.45) is 3.04. The van der Waals surface area contributed by atoms with Crippen LogP contribution >= 0.6 is 0 Å². The molecule has 3 aromatic carbocycles. The fourth-order valence-electron chi connectivity index (χ4n) is 5.74. The highest BCUT2D eigenvalue weighted by molar-refractivity contribution is 6.27. The molecule has 0 spiro atoms. The second-order valence-electron chi connectivity index (χ2n) is 9.67. The molecule has 0 atom stereocenters. The monoisotopic (exact) mass is 406 g/mol. The Bertz CT molecular complexity index is 1670. The summed E-state index contributed by atoms with van der Waals surface area (Å²) in [7, 11) is 2.13. The lowest BCUT2D eigenvalue weighted by Crippen LogP contribution is -2.30. The molecule has 0 aliphatic heterocycles. The standard InChI is InChI=1S/C28H28N3/c1-15(2)11-19-13-21-25-27(30(6)14-29-21)23-18(5)16(3)12-17(4)26(23)31-22-10-8-7-9-20(22)24(19)28(25)31/h7-10,12-15H,11H2,1-6H3/q+1. The fraction of sp³-hybridized carbons (Fsp3) is 0.286. The first kappa shape index (κ1) is 18.6. The van der Waals surface area contributed by atoms with E-state index in [4.69, 9.17) is 4.98 Å². The van der Waals surface area contributed by atoms with Crippen LogP contribution in [0.15, 0.2) is 42.7 Å². The maximum Gasteiger partial charge on any atom is 0.287 e. The third-order valence-electron chi connectivity index (χ3n) is 7.06. The summed E-state index contributed by atoms with van der Waals surface area (Å²) in [4.78, 5) is 4.90. The van der Waals surface area contributed by atoms with Crippen molar-refractivity contribution in [3.05, 3.63) is 65.0 Å². The van der Waals surface area contributed by atoms with Crippen molar-refractivity contribution in [3.63, 3.8) is 0 Å². The van der Waals surface area contributed by atoms with Crippen molar-refractivity contribution in [2.24, 2.45) is 13.0 Å². The molecule has 0 radical (unpaired) electrons. The van der Waals surface area contributed by atoms with Gasteiger partial charge in [0.15, 0.2) is 5.52 Å². The third kappa shape index (κ3) is 2.29. The minimum atomic E-state index is 0.587. The molecule has 0 saturated carbocycles. The van der Waals surface area contributed by atoms with Gasteiger partial charge in [-0.1, -0.05) is 38.1 Å². The molecule has 0 saturated heterocycles. The molecule has 3 aromatic heterocycles. The SMILES string of the molecule is Cc1cc(C)c2c(c1C)c1c3c(cc(CC(C)C)c4c5ccccc5n2c43)nc[n+]1C. The van der Waals surface area contributed by atoms with Crippen molar-refractivity contribution in [3.8, 4) is 0 Å². The molecule has 3 nitrogen and oxygen atoms in total. The van der Waals surface area contributed by atoms with Gasteiger partial charge in [-0.05, 0) is 72.5 Å². The Morgan fingerprint density at radius 3 is 2.48 bits per heavy atom. The topological polar surface area (TPSA) is 21.2 Å². The Balaban J connectivity index is 2.08. The van der Waals surface area contributed by atoms with Crippen LogP contribution in [0, 0.1) is 26.7 Å². The van der Waals surface area contributed by atoms with Crippen LogP contribution < -0.4 is 4.57 Å². The highest BCUT2D eigenvalue weighted by atomic mass is 15.0. The van der Waals surface area contributed by atoms with Crippen molar-refractivity contribution in [1.29, 1.82) is 0 Å². The van der Waals surface area contributed by atoms with E-state index >= 15 is 0 Å². The third-order valence-corrected chi connectivity index (χ3v) is 7.06. The Morgan fingerprint density at radius 2 is 1.71 bits per heavy atom. The number of benzene rings is 3.